The van der Waals surface area contributed by atoms with Gasteiger partial charge in [-0.25, -0.2) is 0 Å². The van der Waals surface area contributed by atoms with Crippen LogP contribution in [0.2, 0.25) is 0 Å². The van der Waals surface area contributed by atoms with Gasteiger partial charge in [-0.2, -0.15) is 0 Å². The van der Waals surface area contributed by atoms with Crippen LogP contribution in [-0.4, -0.2) is 24.2 Å². The van der Waals surface area contributed by atoms with E-state index in [1.165, 1.54) is 12.1 Å². The van der Waals surface area contributed by atoms with Crippen molar-refractivity contribution >= 4 is 5.69 Å². The topological polar surface area (TPSA) is 64.4 Å². The van der Waals surface area contributed by atoms with E-state index in [0.717, 1.165) is 31.7 Å². The first-order chi connectivity index (χ1) is 7.75. The van der Waals surface area contributed by atoms with Crippen LogP contribution in [0, 0.1) is 10.1 Å². The maximum Gasteiger partial charge on any atom is 0.269 e. The Kier molecular flexibility index (Phi) is 3.48. The Bertz CT molecular complexity index is 358. The zero-order chi connectivity index (χ0) is 11.4. The molecule has 0 radical (unpaired) electrons. The highest BCUT2D eigenvalue weighted by atomic mass is 16.6. The Morgan fingerprint density at radius 3 is 2.75 bits per heavy atom. The van der Waals surface area contributed by atoms with Gasteiger partial charge in [0.05, 0.1) is 11.5 Å². The lowest BCUT2D eigenvalue weighted by Gasteiger charge is -2.09. The molecule has 1 aliphatic rings. The van der Waals surface area contributed by atoms with E-state index >= 15 is 0 Å². The van der Waals surface area contributed by atoms with Gasteiger partial charge in [-0.3, -0.25) is 10.1 Å². The molecule has 1 saturated heterocycles. The molecule has 1 heterocycles. The van der Waals surface area contributed by atoms with Gasteiger partial charge in [0.2, 0.25) is 0 Å². The molecule has 1 atom stereocenters. The minimum absolute atomic E-state index is 0.132. The second kappa shape index (κ2) is 5.05. The van der Waals surface area contributed by atoms with Crippen molar-refractivity contribution in [2.75, 3.05) is 13.2 Å². The molecule has 0 unspecified atom stereocenters. The first-order valence-electron chi connectivity index (χ1n) is 5.30. The predicted octanol–water partition coefficient (Wildman–Crippen LogP) is 1.47. The van der Waals surface area contributed by atoms with E-state index in [2.05, 4.69) is 5.32 Å². The van der Waals surface area contributed by atoms with Crippen LogP contribution in [0.3, 0.4) is 0 Å². The summed E-state index contributed by atoms with van der Waals surface area (Å²) in [6, 6.07) is 7.03. The van der Waals surface area contributed by atoms with Crippen molar-refractivity contribution in [3.63, 3.8) is 0 Å². The van der Waals surface area contributed by atoms with E-state index in [9.17, 15) is 10.1 Å². The van der Waals surface area contributed by atoms with Crippen LogP contribution in [0.25, 0.3) is 0 Å². The number of nitrogens with zero attached hydrogens (tertiary/aromatic N) is 1. The van der Waals surface area contributed by atoms with E-state index in [1.54, 1.807) is 12.1 Å². The fourth-order valence-electron chi connectivity index (χ4n) is 1.69. The Labute approximate surface area is 93.6 Å². The second-order valence-corrected chi connectivity index (χ2v) is 3.86. The summed E-state index contributed by atoms with van der Waals surface area (Å²) in [5, 5.41) is 13.8. The smallest absolute Gasteiger partial charge is 0.269 e. The van der Waals surface area contributed by atoms with E-state index in [0.29, 0.717) is 6.04 Å². The van der Waals surface area contributed by atoms with Gasteiger partial charge in [-0.05, 0) is 12.0 Å². The van der Waals surface area contributed by atoms with Gasteiger partial charge in [0, 0.05) is 31.3 Å². The third-order valence-corrected chi connectivity index (χ3v) is 2.67. The van der Waals surface area contributed by atoms with Crippen LogP contribution >= 0.6 is 0 Å². The monoisotopic (exact) mass is 222 g/mol. The Hall–Kier alpha value is -1.46. The number of hydrogen-bond donors (Lipinski definition) is 1. The standard InChI is InChI=1S/C11H14N2O3/c14-13(15)11-3-1-9(2-4-11)7-12-10-5-6-16-8-10/h1-4,10,12H,5-8H2/t10-/m1/s1. The minimum atomic E-state index is -0.387. The number of rotatable bonds is 4. The normalized spacial score (nSPS) is 19.9. The quantitative estimate of drug-likeness (QED) is 0.619. The maximum absolute atomic E-state index is 10.5. The summed E-state index contributed by atoms with van der Waals surface area (Å²) in [6.45, 7) is 2.30. The Balaban J connectivity index is 1.87. The number of ether oxygens (including phenoxy) is 1. The zero-order valence-corrected chi connectivity index (χ0v) is 8.89. The fourth-order valence-corrected chi connectivity index (χ4v) is 1.69. The third-order valence-electron chi connectivity index (χ3n) is 2.67. The molecule has 86 valence electrons. The van der Waals surface area contributed by atoms with Crippen LogP contribution < -0.4 is 5.32 Å². The van der Waals surface area contributed by atoms with Crippen LogP contribution in [0.1, 0.15) is 12.0 Å². The number of nitro benzene ring substituents is 1. The largest absolute Gasteiger partial charge is 0.380 e. The van der Waals surface area contributed by atoms with Gasteiger partial charge < -0.3 is 10.1 Å². The molecule has 5 heteroatoms. The summed E-state index contributed by atoms with van der Waals surface area (Å²) in [7, 11) is 0. The maximum atomic E-state index is 10.5. The molecule has 1 aromatic rings. The number of hydrogen-bond acceptors (Lipinski definition) is 4. The first-order valence-corrected chi connectivity index (χ1v) is 5.30. The van der Waals surface area contributed by atoms with Crippen molar-refractivity contribution in [3.8, 4) is 0 Å². The summed E-state index contributed by atoms with van der Waals surface area (Å²) >= 11 is 0. The molecule has 16 heavy (non-hydrogen) atoms. The van der Waals surface area contributed by atoms with E-state index in [1.807, 2.05) is 0 Å². The van der Waals surface area contributed by atoms with Crippen LogP contribution in [0.15, 0.2) is 24.3 Å². The predicted molar refractivity (Wildman–Crippen MR) is 59.2 cm³/mol. The van der Waals surface area contributed by atoms with Crippen molar-refractivity contribution in [2.45, 2.75) is 19.0 Å². The average molecular weight is 222 g/mol. The number of non-ortho nitro benzene ring substituents is 1. The summed E-state index contributed by atoms with van der Waals surface area (Å²) < 4.78 is 5.24. The highest BCUT2D eigenvalue weighted by molar-refractivity contribution is 5.32. The molecular weight excluding hydrogens is 208 g/mol. The molecule has 0 aliphatic carbocycles. The summed E-state index contributed by atoms with van der Waals surface area (Å²) in [5.41, 5.74) is 1.19. The van der Waals surface area contributed by atoms with Crippen LogP contribution in [0.5, 0.6) is 0 Å². The summed E-state index contributed by atoms with van der Waals surface area (Å²) in [6.07, 6.45) is 1.03. The zero-order valence-electron chi connectivity index (χ0n) is 8.89. The van der Waals surface area contributed by atoms with Crippen molar-refractivity contribution in [1.29, 1.82) is 0 Å². The number of nitro groups is 1. The molecule has 2 rings (SSSR count). The van der Waals surface area contributed by atoms with Gasteiger partial charge in [0.15, 0.2) is 0 Å². The van der Waals surface area contributed by atoms with Gasteiger partial charge in [0.1, 0.15) is 0 Å². The summed E-state index contributed by atoms with van der Waals surface area (Å²) in [5.74, 6) is 0. The van der Waals surface area contributed by atoms with Crippen molar-refractivity contribution < 1.29 is 9.66 Å². The summed E-state index contributed by atoms with van der Waals surface area (Å²) in [4.78, 5) is 10.1. The molecule has 0 aromatic heterocycles. The third kappa shape index (κ3) is 2.77. The fraction of sp³-hybridized carbons (Fsp3) is 0.455. The first kappa shape index (κ1) is 11.0. The van der Waals surface area contributed by atoms with Gasteiger partial charge in [-0.15, -0.1) is 0 Å². The lowest BCUT2D eigenvalue weighted by Crippen LogP contribution is -2.28. The molecule has 5 nitrogen and oxygen atoms in total. The Morgan fingerprint density at radius 1 is 1.44 bits per heavy atom. The minimum Gasteiger partial charge on any atom is -0.380 e. The molecule has 0 spiro atoms. The van der Waals surface area contributed by atoms with Gasteiger partial charge in [-0.1, -0.05) is 12.1 Å². The molecular formula is C11H14N2O3. The Morgan fingerprint density at radius 2 is 2.19 bits per heavy atom. The number of nitrogens with one attached hydrogen (secondary N) is 1. The lowest BCUT2D eigenvalue weighted by molar-refractivity contribution is -0.384. The molecule has 0 saturated carbocycles. The molecule has 0 bridgehead atoms. The molecule has 1 N–H and O–H groups in total. The van der Waals surface area contributed by atoms with E-state index in [4.69, 9.17) is 4.74 Å². The number of benzene rings is 1. The van der Waals surface area contributed by atoms with E-state index < -0.39 is 0 Å². The average Bonchev–Trinajstić information content (AvgIpc) is 2.80. The molecule has 1 aliphatic heterocycles. The van der Waals surface area contributed by atoms with Crippen molar-refractivity contribution in [2.24, 2.45) is 0 Å². The molecule has 0 amide bonds. The SMILES string of the molecule is O=[N+]([O-])c1ccc(CN[C@@H]2CCOC2)cc1. The van der Waals surface area contributed by atoms with Gasteiger partial charge in [0.25, 0.3) is 5.69 Å². The van der Waals surface area contributed by atoms with Gasteiger partial charge >= 0.3 is 0 Å². The lowest BCUT2D eigenvalue weighted by atomic mass is 10.2. The van der Waals surface area contributed by atoms with E-state index in [-0.39, 0.29) is 10.6 Å². The highest BCUT2D eigenvalue weighted by Crippen LogP contribution is 2.12. The molecule has 1 fully saturated rings. The van der Waals surface area contributed by atoms with Crippen molar-refractivity contribution in [3.05, 3.63) is 39.9 Å². The van der Waals surface area contributed by atoms with Crippen molar-refractivity contribution in [1.82, 2.24) is 5.32 Å². The van der Waals surface area contributed by atoms with Crippen LogP contribution in [0.4, 0.5) is 5.69 Å². The molecule has 1 aromatic carbocycles. The highest BCUT2D eigenvalue weighted by Gasteiger charge is 2.14. The van der Waals surface area contributed by atoms with Crippen LogP contribution in [-0.2, 0) is 11.3 Å². The second-order valence-electron chi connectivity index (χ2n) is 3.86.